The minimum Gasteiger partial charge on any atom is -0.475 e. The molecule has 0 amide bonds. The highest BCUT2D eigenvalue weighted by Gasteiger charge is 2.14. The molecule has 0 saturated heterocycles. The SMILES string of the molecule is Cc1ccc2c(=O)oc3c(C)c(OC(C)C#N)ccc3c2c1. The Morgan fingerprint density at radius 1 is 1.14 bits per heavy atom. The van der Waals surface area contributed by atoms with E-state index in [1.807, 2.05) is 44.2 Å². The largest absolute Gasteiger partial charge is 0.475 e. The molecule has 0 aliphatic rings. The maximum Gasteiger partial charge on any atom is 0.344 e. The Hall–Kier alpha value is -2.80. The summed E-state index contributed by atoms with van der Waals surface area (Å²) in [5, 5.41) is 11.2. The van der Waals surface area contributed by atoms with Crippen LogP contribution < -0.4 is 10.4 Å². The van der Waals surface area contributed by atoms with Crippen LogP contribution >= 0.6 is 0 Å². The van der Waals surface area contributed by atoms with Gasteiger partial charge < -0.3 is 9.15 Å². The van der Waals surface area contributed by atoms with E-state index in [2.05, 4.69) is 0 Å². The summed E-state index contributed by atoms with van der Waals surface area (Å²) in [6.45, 7) is 5.48. The molecular weight excluding hydrogens is 278 g/mol. The van der Waals surface area contributed by atoms with Crippen molar-refractivity contribution in [2.75, 3.05) is 0 Å². The van der Waals surface area contributed by atoms with Gasteiger partial charge in [-0.25, -0.2) is 4.79 Å². The summed E-state index contributed by atoms with van der Waals surface area (Å²) in [6.07, 6.45) is -0.564. The van der Waals surface area contributed by atoms with E-state index in [1.165, 1.54) is 0 Å². The topological polar surface area (TPSA) is 63.2 Å². The Morgan fingerprint density at radius 2 is 1.86 bits per heavy atom. The highest BCUT2D eigenvalue weighted by Crippen LogP contribution is 2.31. The monoisotopic (exact) mass is 293 g/mol. The molecule has 0 fully saturated rings. The van der Waals surface area contributed by atoms with Gasteiger partial charge in [-0.2, -0.15) is 5.26 Å². The molecule has 22 heavy (non-hydrogen) atoms. The van der Waals surface area contributed by atoms with Gasteiger partial charge in [-0.3, -0.25) is 0 Å². The molecular formula is C18H15NO3. The van der Waals surface area contributed by atoms with Crippen molar-refractivity contribution in [2.24, 2.45) is 0 Å². The fraction of sp³-hybridized carbons (Fsp3) is 0.222. The van der Waals surface area contributed by atoms with Crippen LogP contribution in [-0.2, 0) is 0 Å². The summed E-state index contributed by atoms with van der Waals surface area (Å²) in [5.74, 6) is 0.553. The first-order valence-electron chi connectivity index (χ1n) is 7.04. The molecule has 110 valence electrons. The van der Waals surface area contributed by atoms with Crippen molar-refractivity contribution in [1.29, 1.82) is 5.26 Å². The van der Waals surface area contributed by atoms with E-state index in [1.54, 1.807) is 13.0 Å². The zero-order chi connectivity index (χ0) is 15.9. The number of nitriles is 1. The van der Waals surface area contributed by atoms with Crippen molar-refractivity contribution in [3.05, 3.63) is 51.9 Å². The average Bonchev–Trinajstić information content (AvgIpc) is 2.50. The van der Waals surface area contributed by atoms with E-state index < -0.39 is 6.10 Å². The van der Waals surface area contributed by atoms with E-state index in [-0.39, 0.29) is 5.63 Å². The first-order valence-corrected chi connectivity index (χ1v) is 7.04. The Morgan fingerprint density at radius 3 is 2.59 bits per heavy atom. The summed E-state index contributed by atoms with van der Waals surface area (Å²) in [6, 6.07) is 11.4. The molecule has 3 aromatic rings. The number of aryl methyl sites for hydroxylation is 2. The quantitative estimate of drug-likeness (QED) is 0.531. The van der Waals surface area contributed by atoms with Crippen molar-refractivity contribution in [3.8, 4) is 11.8 Å². The lowest BCUT2D eigenvalue weighted by molar-refractivity contribution is 0.274. The zero-order valence-electron chi connectivity index (χ0n) is 12.6. The summed E-state index contributed by atoms with van der Waals surface area (Å²) in [4.78, 5) is 12.2. The van der Waals surface area contributed by atoms with Gasteiger partial charge in [0.25, 0.3) is 0 Å². The molecule has 0 radical (unpaired) electrons. The number of benzene rings is 2. The van der Waals surface area contributed by atoms with Gasteiger partial charge in [-0.15, -0.1) is 0 Å². The standard InChI is InChI=1S/C18H15NO3/c1-10-4-5-14-15(8-10)13-6-7-16(21-11(2)9-19)12(3)17(13)22-18(14)20/h4-8,11H,1-3H3. The van der Waals surface area contributed by atoms with E-state index in [0.29, 0.717) is 16.7 Å². The molecule has 1 unspecified atom stereocenters. The fourth-order valence-electron chi connectivity index (χ4n) is 2.57. The van der Waals surface area contributed by atoms with Gasteiger partial charge in [0.15, 0.2) is 6.10 Å². The molecule has 0 spiro atoms. The lowest BCUT2D eigenvalue weighted by Gasteiger charge is -2.12. The van der Waals surface area contributed by atoms with E-state index in [9.17, 15) is 4.79 Å². The van der Waals surface area contributed by atoms with Crippen molar-refractivity contribution in [1.82, 2.24) is 0 Å². The minimum absolute atomic E-state index is 0.365. The summed E-state index contributed by atoms with van der Waals surface area (Å²) in [5.41, 5.74) is 1.94. The Balaban J connectivity index is 2.34. The number of hydrogen-bond acceptors (Lipinski definition) is 4. The third-order valence-electron chi connectivity index (χ3n) is 3.72. The molecule has 1 atom stereocenters. The molecule has 0 aliphatic carbocycles. The molecule has 0 bridgehead atoms. The predicted octanol–water partition coefficient (Wildman–Crippen LogP) is 3.85. The molecule has 0 N–H and O–H groups in total. The van der Waals surface area contributed by atoms with Crippen LogP contribution in [0.3, 0.4) is 0 Å². The van der Waals surface area contributed by atoms with E-state index in [4.69, 9.17) is 14.4 Å². The second kappa shape index (κ2) is 5.19. The second-order valence-corrected chi connectivity index (χ2v) is 5.39. The average molecular weight is 293 g/mol. The molecule has 2 aromatic carbocycles. The minimum atomic E-state index is -0.564. The third kappa shape index (κ3) is 2.21. The number of fused-ring (bicyclic) bond motifs is 3. The van der Waals surface area contributed by atoms with Crippen molar-refractivity contribution < 1.29 is 9.15 Å². The molecule has 3 rings (SSSR count). The molecule has 0 saturated carbocycles. The molecule has 1 heterocycles. The maximum absolute atomic E-state index is 12.2. The number of hydrogen-bond donors (Lipinski definition) is 0. The van der Waals surface area contributed by atoms with Gasteiger partial charge in [-0.05, 0) is 39.0 Å². The van der Waals surface area contributed by atoms with Crippen LogP contribution in [0.1, 0.15) is 18.1 Å². The zero-order valence-corrected chi connectivity index (χ0v) is 12.6. The van der Waals surface area contributed by atoms with Gasteiger partial charge in [0.1, 0.15) is 17.4 Å². The summed E-state index contributed by atoms with van der Waals surface area (Å²) in [7, 11) is 0. The highest BCUT2D eigenvalue weighted by molar-refractivity contribution is 6.05. The van der Waals surface area contributed by atoms with Crippen LogP contribution in [-0.4, -0.2) is 6.10 Å². The highest BCUT2D eigenvalue weighted by atomic mass is 16.5. The third-order valence-corrected chi connectivity index (χ3v) is 3.72. The van der Waals surface area contributed by atoms with Crippen LogP contribution in [0.4, 0.5) is 0 Å². The van der Waals surface area contributed by atoms with E-state index in [0.717, 1.165) is 21.9 Å². The van der Waals surface area contributed by atoms with Crippen LogP contribution in [0.25, 0.3) is 21.7 Å². The van der Waals surface area contributed by atoms with Gasteiger partial charge in [-0.1, -0.05) is 17.7 Å². The van der Waals surface area contributed by atoms with Crippen molar-refractivity contribution >= 4 is 21.7 Å². The first-order chi connectivity index (χ1) is 10.5. The lowest BCUT2D eigenvalue weighted by Crippen LogP contribution is -2.09. The van der Waals surface area contributed by atoms with Gasteiger partial charge in [0.2, 0.25) is 0 Å². The summed E-state index contributed by atoms with van der Waals surface area (Å²) < 4.78 is 11.0. The predicted molar refractivity (Wildman–Crippen MR) is 85.2 cm³/mol. The first kappa shape index (κ1) is 14.2. The Bertz CT molecular complexity index is 979. The molecule has 4 nitrogen and oxygen atoms in total. The molecule has 1 aromatic heterocycles. The van der Waals surface area contributed by atoms with Gasteiger partial charge in [0, 0.05) is 16.3 Å². The number of nitrogens with zero attached hydrogens (tertiary/aromatic N) is 1. The summed E-state index contributed by atoms with van der Waals surface area (Å²) >= 11 is 0. The number of rotatable bonds is 2. The van der Waals surface area contributed by atoms with Crippen molar-refractivity contribution in [3.63, 3.8) is 0 Å². The Labute approximate surface area is 127 Å². The Kier molecular flexibility index (Phi) is 3.34. The van der Waals surface area contributed by atoms with E-state index >= 15 is 0 Å². The molecule has 4 heteroatoms. The van der Waals surface area contributed by atoms with Crippen LogP contribution in [0.5, 0.6) is 5.75 Å². The number of ether oxygens (including phenoxy) is 1. The van der Waals surface area contributed by atoms with Crippen LogP contribution in [0, 0.1) is 25.2 Å². The normalized spacial score (nSPS) is 12.3. The fourth-order valence-corrected chi connectivity index (χ4v) is 2.57. The van der Waals surface area contributed by atoms with Gasteiger partial charge in [0.05, 0.1) is 5.39 Å². The lowest BCUT2D eigenvalue weighted by atomic mass is 10.0. The van der Waals surface area contributed by atoms with Gasteiger partial charge >= 0.3 is 5.63 Å². The van der Waals surface area contributed by atoms with Crippen LogP contribution in [0.2, 0.25) is 0 Å². The van der Waals surface area contributed by atoms with Crippen molar-refractivity contribution in [2.45, 2.75) is 26.9 Å². The molecule has 0 aliphatic heterocycles. The smallest absolute Gasteiger partial charge is 0.344 e. The second-order valence-electron chi connectivity index (χ2n) is 5.39. The van der Waals surface area contributed by atoms with Crippen LogP contribution in [0.15, 0.2) is 39.5 Å². The maximum atomic E-state index is 12.2.